The van der Waals surface area contributed by atoms with Crippen LogP contribution in [0.2, 0.25) is 0 Å². The number of nitrogens with two attached hydrogens (primary N) is 1. The third-order valence-electron chi connectivity index (χ3n) is 2.86. The second-order valence-electron chi connectivity index (χ2n) is 4.10. The molecule has 0 aliphatic carbocycles. The molecule has 18 heavy (non-hydrogen) atoms. The zero-order valence-corrected chi connectivity index (χ0v) is 10.6. The summed E-state index contributed by atoms with van der Waals surface area (Å²) in [4.78, 5) is 0. The normalized spacial score (nSPS) is 10.1. The van der Waals surface area contributed by atoms with Gasteiger partial charge in [0.25, 0.3) is 0 Å². The molecule has 0 spiro atoms. The van der Waals surface area contributed by atoms with E-state index >= 15 is 0 Å². The van der Waals surface area contributed by atoms with Crippen molar-refractivity contribution in [1.82, 2.24) is 0 Å². The van der Waals surface area contributed by atoms with Crippen molar-refractivity contribution >= 4 is 5.69 Å². The maximum absolute atomic E-state index is 5.68. The lowest BCUT2D eigenvalue weighted by Gasteiger charge is -2.10. The Balaban J connectivity index is 2.29. The zero-order chi connectivity index (χ0) is 13.0. The Bertz CT molecular complexity index is 521. The summed E-state index contributed by atoms with van der Waals surface area (Å²) in [5.74, 6) is 1.70. The third kappa shape index (κ3) is 2.74. The number of methoxy groups -OCH3 is 2. The first kappa shape index (κ1) is 12.3. The van der Waals surface area contributed by atoms with Crippen molar-refractivity contribution < 1.29 is 9.47 Å². The van der Waals surface area contributed by atoms with E-state index in [4.69, 9.17) is 15.2 Å². The Hall–Kier alpha value is -2.16. The number of nitrogen functional groups attached to an aromatic ring is 1. The van der Waals surface area contributed by atoms with E-state index in [1.807, 2.05) is 42.5 Å². The summed E-state index contributed by atoms with van der Waals surface area (Å²) in [5.41, 5.74) is 8.74. The quantitative estimate of drug-likeness (QED) is 0.840. The van der Waals surface area contributed by atoms with E-state index in [1.54, 1.807) is 14.2 Å². The largest absolute Gasteiger partial charge is 0.497 e. The van der Waals surface area contributed by atoms with E-state index in [0.29, 0.717) is 0 Å². The summed E-state index contributed by atoms with van der Waals surface area (Å²) < 4.78 is 10.6. The topological polar surface area (TPSA) is 44.5 Å². The van der Waals surface area contributed by atoms with E-state index in [1.165, 1.54) is 5.56 Å². The Kier molecular flexibility index (Phi) is 3.72. The summed E-state index contributed by atoms with van der Waals surface area (Å²) in [7, 11) is 3.34. The zero-order valence-electron chi connectivity index (χ0n) is 10.6. The van der Waals surface area contributed by atoms with Crippen molar-refractivity contribution in [3.05, 3.63) is 53.6 Å². The van der Waals surface area contributed by atoms with Crippen LogP contribution in [0.5, 0.6) is 11.5 Å². The maximum Gasteiger partial charge on any atom is 0.122 e. The van der Waals surface area contributed by atoms with E-state index in [9.17, 15) is 0 Å². The summed E-state index contributed by atoms with van der Waals surface area (Å²) in [5, 5.41) is 0. The van der Waals surface area contributed by atoms with Gasteiger partial charge in [0.15, 0.2) is 0 Å². The lowest BCUT2D eigenvalue weighted by Crippen LogP contribution is -1.95. The Morgan fingerprint density at radius 2 is 1.67 bits per heavy atom. The van der Waals surface area contributed by atoms with Crippen LogP contribution < -0.4 is 15.2 Å². The molecule has 2 N–H and O–H groups in total. The molecule has 0 radical (unpaired) electrons. The highest BCUT2D eigenvalue weighted by atomic mass is 16.5. The second kappa shape index (κ2) is 5.45. The SMILES string of the molecule is COc1ccc(OC)c(Cc2ccc(N)cc2)c1. The molecule has 2 aromatic rings. The Labute approximate surface area is 107 Å². The highest BCUT2D eigenvalue weighted by Gasteiger charge is 2.06. The molecule has 0 aliphatic rings. The molecular weight excluding hydrogens is 226 g/mol. The van der Waals surface area contributed by atoms with Crippen LogP contribution in [0.1, 0.15) is 11.1 Å². The molecule has 94 valence electrons. The van der Waals surface area contributed by atoms with Crippen molar-refractivity contribution in [2.45, 2.75) is 6.42 Å². The van der Waals surface area contributed by atoms with Gasteiger partial charge < -0.3 is 15.2 Å². The highest BCUT2D eigenvalue weighted by Crippen LogP contribution is 2.26. The van der Waals surface area contributed by atoms with Gasteiger partial charge in [-0.05, 0) is 35.9 Å². The number of anilines is 1. The van der Waals surface area contributed by atoms with E-state index < -0.39 is 0 Å². The smallest absolute Gasteiger partial charge is 0.122 e. The molecule has 0 heterocycles. The Morgan fingerprint density at radius 1 is 0.944 bits per heavy atom. The lowest BCUT2D eigenvalue weighted by atomic mass is 10.0. The van der Waals surface area contributed by atoms with Gasteiger partial charge in [-0.1, -0.05) is 12.1 Å². The molecule has 0 saturated heterocycles. The highest BCUT2D eigenvalue weighted by molar-refractivity contribution is 5.45. The average molecular weight is 243 g/mol. The number of rotatable bonds is 4. The fraction of sp³-hybridized carbons (Fsp3) is 0.200. The molecule has 0 saturated carbocycles. The predicted octanol–water partition coefficient (Wildman–Crippen LogP) is 2.88. The summed E-state index contributed by atoms with van der Waals surface area (Å²) >= 11 is 0. The molecule has 2 aromatic carbocycles. The van der Waals surface area contributed by atoms with Crippen LogP contribution in [0.25, 0.3) is 0 Å². The average Bonchev–Trinajstić information content (AvgIpc) is 2.41. The van der Waals surface area contributed by atoms with Gasteiger partial charge in [-0.2, -0.15) is 0 Å². The van der Waals surface area contributed by atoms with Gasteiger partial charge in [-0.3, -0.25) is 0 Å². The molecule has 0 atom stereocenters. The van der Waals surface area contributed by atoms with Crippen LogP contribution >= 0.6 is 0 Å². The minimum Gasteiger partial charge on any atom is -0.497 e. The fourth-order valence-electron chi connectivity index (χ4n) is 1.88. The van der Waals surface area contributed by atoms with Crippen molar-refractivity contribution in [2.24, 2.45) is 0 Å². The molecule has 0 bridgehead atoms. The monoisotopic (exact) mass is 243 g/mol. The van der Waals surface area contributed by atoms with Crippen molar-refractivity contribution in [3.8, 4) is 11.5 Å². The Morgan fingerprint density at radius 3 is 2.28 bits per heavy atom. The third-order valence-corrected chi connectivity index (χ3v) is 2.86. The van der Waals surface area contributed by atoms with Gasteiger partial charge in [0, 0.05) is 17.7 Å². The molecule has 0 unspecified atom stereocenters. The predicted molar refractivity (Wildman–Crippen MR) is 73.2 cm³/mol. The van der Waals surface area contributed by atoms with Crippen molar-refractivity contribution in [1.29, 1.82) is 0 Å². The molecule has 0 amide bonds. The van der Waals surface area contributed by atoms with Crippen LogP contribution in [0.4, 0.5) is 5.69 Å². The first-order valence-electron chi connectivity index (χ1n) is 5.78. The lowest BCUT2D eigenvalue weighted by molar-refractivity contribution is 0.399. The van der Waals surface area contributed by atoms with E-state index in [0.717, 1.165) is 29.2 Å². The standard InChI is InChI=1S/C15H17NO2/c1-17-14-7-8-15(18-2)12(10-14)9-11-3-5-13(16)6-4-11/h3-8,10H,9,16H2,1-2H3. The summed E-state index contributed by atoms with van der Waals surface area (Å²) in [6, 6.07) is 13.7. The van der Waals surface area contributed by atoms with Crippen LogP contribution in [-0.4, -0.2) is 14.2 Å². The van der Waals surface area contributed by atoms with Crippen LogP contribution in [0.15, 0.2) is 42.5 Å². The van der Waals surface area contributed by atoms with Crippen molar-refractivity contribution in [2.75, 3.05) is 20.0 Å². The molecule has 3 nitrogen and oxygen atoms in total. The summed E-state index contributed by atoms with van der Waals surface area (Å²) in [6.45, 7) is 0. The minimum absolute atomic E-state index is 0.774. The number of hydrogen-bond donors (Lipinski definition) is 1. The molecular formula is C15H17NO2. The molecule has 0 aliphatic heterocycles. The molecule has 3 heteroatoms. The van der Waals surface area contributed by atoms with Gasteiger partial charge in [-0.25, -0.2) is 0 Å². The van der Waals surface area contributed by atoms with E-state index in [-0.39, 0.29) is 0 Å². The number of ether oxygens (including phenoxy) is 2. The van der Waals surface area contributed by atoms with Gasteiger partial charge >= 0.3 is 0 Å². The summed E-state index contributed by atoms with van der Waals surface area (Å²) in [6.07, 6.45) is 0.792. The van der Waals surface area contributed by atoms with Gasteiger partial charge in [0.2, 0.25) is 0 Å². The van der Waals surface area contributed by atoms with Crippen LogP contribution in [0.3, 0.4) is 0 Å². The fourth-order valence-corrected chi connectivity index (χ4v) is 1.88. The first-order chi connectivity index (χ1) is 8.72. The van der Waals surface area contributed by atoms with Gasteiger partial charge in [0.1, 0.15) is 11.5 Å². The van der Waals surface area contributed by atoms with Crippen LogP contribution in [-0.2, 0) is 6.42 Å². The minimum atomic E-state index is 0.774. The van der Waals surface area contributed by atoms with E-state index in [2.05, 4.69) is 0 Å². The second-order valence-corrected chi connectivity index (χ2v) is 4.10. The molecule has 0 aromatic heterocycles. The first-order valence-corrected chi connectivity index (χ1v) is 5.78. The number of hydrogen-bond acceptors (Lipinski definition) is 3. The maximum atomic E-state index is 5.68. The molecule has 0 fully saturated rings. The van der Waals surface area contributed by atoms with Gasteiger partial charge in [-0.15, -0.1) is 0 Å². The molecule has 2 rings (SSSR count). The number of benzene rings is 2. The van der Waals surface area contributed by atoms with Gasteiger partial charge in [0.05, 0.1) is 14.2 Å². The van der Waals surface area contributed by atoms with Crippen molar-refractivity contribution in [3.63, 3.8) is 0 Å². The van der Waals surface area contributed by atoms with Crippen LogP contribution in [0, 0.1) is 0 Å².